The van der Waals surface area contributed by atoms with Crippen LogP contribution in [0.3, 0.4) is 0 Å². The van der Waals surface area contributed by atoms with Crippen LogP contribution in [0.15, 0.2) is 48.5 Å². The number of benzene rings is 2. The van der Waals surface area contributed by atoms with Crippen LogP contribution in [-0.2, 0) is 12.8 Å². The second-order valence-electron chi connectivity index (χ2n) is 6.55. The number of hydrogen-bond acceptors (Lipinski definition) is 2. The van der Waals surface area contributed by atoms with Crippen LogP contribution in [0.25, 0.3) is 0 Å². The molecule has 0 spiro atoms. The van der Waals surface area contributed by atoms with Gasteiger partial charge in [0, 0.05) is 11.4 Å². The monoisotopic (exact) mass is 276 g/mol. The molecule has 3 heterocycles. The molecular formula is C19H20N2. The van der Waals surface area contributed by atoms with Crippen molar-refractivity contribution in [1.82, 2.24) is 0 Å². The fraction of sp³-hybridized carbons (Fsp3) is 0.368. The summed E-state index contributed by atoms with van der Waals surface area (Å²) in [5, 5.41) is 0. The van der Waals surface area contributed by atoms with E-state index in [2.05, 4.69) is 58.3 Å². The van der Waals surface area contributed by atoms with Crippen molar-refractivity contribution in [2.24, 2.45) is 0 Å². The van der Waals surface area contributed by atoms with Crippen LogP contribution in [0, 0.1) is 0 Å². The number of nitrogens with zero attached hydrogens (tertiary/aromatic N) is 2. The molecular weight excluding hydrogens is 256 g/mol. The third kappa shape index (κ3) is 1.59. The summed E-state index contributed by atoms with van der Waals surface area (Å²) in [6.07, 6.45) is 5.09. The summed E-state index contributed by atoms with van der Waals surface area (Å²) >= 11 is 0. The lowest BCUT2D eigenvalue weighted by Gasteiger charge is -2.36. The Balaban J connectivity index is 1.58. The standard InChI is InChI=1S/C19H20N2/c1-3-7-16-14(5-1)9-11-18-19-12-10-15-6-2-4-8-17(15)21(19)13-20(16)18/h1-8,18-19H,9-13H2/t18-,19+. The van der Waals surface area contributed by atoms with E-state index in [0.717, 1.165) is 6.67 Å². The molecule has 3 aliphatic heterocycles. The topological polar surface area (TPSA) is 6.48 Å². The van der Waals surface area contributed by atoms with Gasteiger partial charge in [-0.25, -0.2) is 0 Å². The zero-order valence-electron chi connectivity index (χ0n) is 12.2. The van der Waals surface area contributed by atoms with Gasteiger partial charge >= 0.3 is 0 Å². The van der Waals surface area contributed by atoms with Crippen LogP contribution < -0.4 is 9.80 Å². The van der Waals surface area contributed by atoms with Crippen LogP contribution in [0.5, 0.6) is 0 Å². The van der Waals surface area contributed by atoms with Gasteiger partial charge in [0.2, 0.25) is 0 Å². The number of rotatable bonds is 0. The Bertz CT molecular complexity index is 634. The highest BCUT2D eigenvalue weighted by Gasteiger charge is 2.44. The van der Waals surface area contributed by atoms with Crippen LogP contribution in [0.1, 0.15) is 24.0 Å². The van der Waals surface area contributed by atoms with E-state index < -0.39 is 0 Å². The first-order valence-corrected chi connectivity index (χ1v) is 8.11. The zero-order valence-corrected chi connectivity index (χ0v) is 12.2. The van der Waals surface area contributed by atoms with Crippen molar-refractivity contribution >= 4 is 11.4 Å². The van der Waals surface area contributed by atoms with E-state index >= 15 is 0 Å². The fourth-order valence-corrected chi connectivity index (χ4v) is 4.61. The molecule has 0 aliphatic carbocycles. The van der Waals surface area contributed by atoms with Gasteiger partial charge < -0.3 is 9.80 Å². The second kappa shape index (κ2) is 4.27. The van der Waals surface area contributed by atoms with Crippen LogP contribution in [-0.4, -0.2) is 18.8 Å². The molecule has 0 N–H and O–H groups in total. The average Bonchev–Trinajstić information content (AvgIpc) is 2.94. The molecule has 1 fully saturated rings. The van der Waals surface area contributed by atoms with Crippen LogP contribution >= 0.6 is 0 Å². The summed E-state index contributed by atoms with van der Waals surface area (Å²) in [4.78, 5) is 5.32. The molecule has 0 unspecified atom stereocenters. The Kier molecular flexibility index (Phi) is 2.37. The minimum Gasteiger partial charge on any atom is -0.348 e. The number of para-hydroxylation sites is 2. The molecule has 0 aromatic heterocycles. The van der Waals surface area contributed by atoms with Gasteiger partial charge in [-0.1, -0.05) is 36.4 Å². The van der Waals surface area contributed by atoms with E-state index in [-0.39, 0.29) is 0 Å². The SMILES string of the molecule is c1ccc2c(c1)CC[C@@H]1[C@@H]3CCc4ccccc4N3CN21. The first-order chi connectivity index (χ1) is 10.4. The minimum atomic E-state index is 0.702. The van der Waals surface area contributed by atoms with E-state index in [1.807, 2.05) is 0 Å². The molecule has 1 saturated heterocycles. The Hall–Kier alpha value is -1.96. The van der Waals surface area contributed by atoms with E-state index in [0.29, 0.717) is 12.1 Å². The van der Waals surface area contributed by atoms with Crippen molar-refractivity contribution in [3.8, 4) is 0 Å². The van der Waals surface area contributed by atoms with Gasteiger partial charge in [0.25, 0.3) is 0 Å². The third-order valence-corrected chi connectivity index (χ3v) is 5.57. The van der Waals surface area contributed by atoms with Gasteiger partial charge in [-0.3, -0.25) is 0 Å². The predicted molar refractivity (Wildman–Crippen MR) is 86.9 cm³/mol. The number of aryl methyl sites for hydroxylation is 2. The van der Waals surface area contributed by atoms with Gasteiger partial charge in [-0.15, -0.1) is 0 Å². The molecule has 2 nitrogen and oxygen atoms in total. The summed E-state index contributed by atoms with van der Waals surface area (Å²) in [6.45, 7) is 1.06. The first-order valence-electron chi connectivity index (χ1n) is 8.11. The van der Waals surface area contributed by atoms with Gasteiger partial charge in [0.05, 0.1) is 18.8 Å². The molecule has 2 atom stereocenters. The Morgan fingerprint density at radius 1 is 0.667 bits per heavy atom. The normalized spacial score (nSPS) is 25.9. The molecule has 0 bridgehead atoms. The highest BCUT2D eigenvalue weighted by atomic mass is 15.4. The van der Waals surface area contributed by atoms with Crippen molar-refractivity contribution in [3.63, 3.8) is 0 Å². The molecule has 2 heteroatoms. The summed E-state index contributed by atoms with van der Waals surface area (Å²) in [6, 6.07) is 19.4. The summed E-state index contributed by atoms with van der Waals surface area (Å²) < 4.78 is 0. The maximum atomic E-state index is 2.66. The number of anilines is 2. The van der Waals surface area contributed by atoms with E-state index in [9.17, 15) is 0 Å². The quantitative estimate of drug-likeness (QED) is 0.725. The minimum absolute atomic E-state index is 0.702. The molecule has 5 rings (SSSR count). The molecule has 0 saturated carbocycles. The largest absolute Gasteiger partial charge is 0.348 e. The smallest absolute Gasteiger partial charge is 0.0910 e. The van der Waals surface area contributed by atoms with Gasteiger partial charge in [0.15, 0.2) is 0 Å². The maximum absolute atomic E-state index is 2.66. The fourth-order valence-electron chi connectivity index (χ4n) is 4.61. The highest BCUT2D eigenvalue weighted by Crippen LogP contribution is 2.43. The van der Waals surface area contributed by atoms with Crippen molar-refractivity contribution in [3.05, 3.63) is 59.7 Å². The Labute approximate surface area is 126 Å². The summed E-state index contributed by atoms with van der Waals surface area (Å²) in [7, 11) is 0. The lowest BCUT2D eigenvalue weighted by atomic mass is 9.88. The van der Waals surface area contributed by atoms with Gasteiger partial charge in [0.1, 0.15) is 0 Å². The van der Waals surface area contributed by atoms with Crippen molar-refractivity contribution in [2.45, 2.75) is 37.8 Å². The van der Waals surface area contributed by atoms with Crippen molar-refractivity contribution < 1.29 is 0 Å². The lowest BCUT2D eigenvalue weighted by molar-refractivity contribution is 0.480. The van der Waals surface area contributed by atoms with E-state index in [4.69, 9.17) is 0 Å². The molecule has 21 heavy (non-hydrogen) atoms. The highest BCUT2D eigenvalue weighted by molar-refractivity contribution is 5.65. The van der Waals surface area contributed by atoms with Crippen LogP contribution in [0.4, 0.5) is 11.4 Å². The average molecular weight is 276 g/mol. The van der Waals surface area contributed by atoms with Crippen LogP contribution in [0.2, 0.25) is 0 Å². The third-order valence-electron chi connectivity index (χ3n) is 5.57. The van der Waals surface area contributed by atoms with E-state index in [1.165, 1.54) is 48.2 Å². The molecule has 2 aromatic carbocycles. The van der Waals surface area contributed by atoms with E-state index in [1.54, 1.807) is 0 Å². The number of fused-ring (bicyclic) bond motifs is 7. The predicted octanol–water partition coefficient (Wildman–Crippen LogP) is 3.60. The second-order valence-corrected chi connectivity index (χ2v) is 6.55. The molecule has 106 valence electrons. The Morgan fingerprint density at radius 3 is 1.67 bits per heavy atom. The summed E-state index contributed by atoms with van der Waals surface area (Å²) in [5.41, 5.74) is 6.00. The molecule has 2 aromatic rings. The maximum Gasteiger partial charge on any atom is 0.0910 e. The first kappa shape index (κ1) is 11.7. The zero-order chi connectivity index (χ0) is 13.8. The summed E-state index contributed by atoms with van der Waals surface area (Å²) in [5.74, 6) is 0. The number of hydrogen-bond donors (Lipinski definition) is 0. The van der Waals surface area contributed by atoms with Crippen molar-refractivity contribution in [2.75, 3.05) is 16.5 Å². The molecule has 3 aliphatic rings. The van der Waals surface area contributed by atoms with Crippen molar-refractivity contribution in [1.29, 1.82) is 0 Å². The van der Waals surface area contributed by atoms with Gasteiger partial charge in [-0.2, -0.15) is 0 Å². The molecule has 0 radical (unpaired) electrons. The lowest BCUT2D eigenvalue weighted by Crippen LogP contribution is -2.42. The van der Waals surface area contributed by atoms with Gasteiger partial charge in [-0.05, 0) is 48.9 Å². The molecule has 0 amide bonds. The Morgan fingerprint density at radius 2 is 1.14 bits per heavy atom.